The van der Waals surface area contributed by atoms with Crippen molar-refractivity contribution in [2.45, 2.75) is 50.5 Å². The van der Waals surface area contributed by atoms with Crippen LogP contribution >= 0.6 is 0 Å². The molecule has 6 heteroatoms. The summed E-state index contributed by atoms with van der Waals surface area (Å²) in [5, 5.41) is 3.06. The fourth-order valence-electron chi connectivity index (χ4n) is 5.16. The molecule has 2 aliphatic rings. The van der Waals surface area contributed by atoms with Crippen LogP contribution in [0.2, 0.25) is 0 Å². The molecule has 1 fully saturated rings. The van der Waals surface area contributed by atoms with Gasteiger partial charge in [0.15, 0.2) is 0 Å². The van der Waals surface area contributed by atoms with Gasteiger partial charge in [0.2, 0.25) is 5.91 Å². The standard InChI is InChI=1S/C24H29N3O3/c1-17-9-8-14-25-21(17)26-22(28)20-18-10-4-5-11-19(18)23(29)27(15-16-30-2)24(20)12-6-3-7-13-24/h4-5,8-11,14,20H,3,6-7,12-13,15-16H2,1-2H3,(H,25,26,28). The third kappa shape index (κ3) is 3.49. The van der Waals surface area contributed by atoms with Crippen LogP contribution in [0.4, 0.5) is 5.82 Å². The summed E-state index contributed by atoms with van der Waals surface area (Å²) in [7, 11) is 1.64. The molecule has 1 spiro atoms. The lowest BCUT2D eigenvalue weighted by Crippen LogP contribution is -2.62. The van der Waals surface area contributed by atoms with Crippen molar-refractivity contribution in [2.24, 2.45) is 0 Å². The summed E-state index contributed by atoms with van der Waals surface area (Å²) in [6.45, 7) is 2.86. The van der Waals surface area contributed by atoms with Gasteiger partial charge >= 0.3 is 0 Å². The Labute approximate surface area is 177 Å². The Hall–Kier alpha value is -2.73. The number of anilines is 1. The molecule has 0 saturated heterocycles. The van der Waals surface area contributed by atoms with Crippen LogP contribution in [0, 0.1) is 6.92 Å². The molecule has 1 unspecified atom stereocenters. The highest BCUT2D eigenvalue weighted by Crippen LogP contribution is 2.49. The molecule has 0 radical (unpaired) electrons. The number of nitrogens with zero attached hydrogens (tertiary/aromatic N) is 2. The molecule has 1 aromatic heterocycles. The minimum absolute atomic E-state index is 0.00242. The number of methoxy groups -OCH3 is 1. The first-order chi connectivity index (χ1) is 14.6. The summed E-state index contributed by atoms with van der Waals surface area (Å²) in [5.74, 6) is 0.0416. The molecule has 1 saturated carbocycles. The molecule has 1 atom stereocenters. The van der Waals surface area contributed by atoms with Crippen molar-refractivity contribution in [3.05, 3.63) is 59.3 Å². The van der Waals surface area contributed by atoms with Gasteiger partial charge in [-0.2, -0.15) is 0 Å². The van der Waals surface area contributed by atoms with Crippen LogP contribution in [0.25, 0.3) is 0 Å². The first-order valence-corrected chi connectivity index (χ1v) is 10.7. The number of fused-ring (bicyclic) bond motifs is 1. The molecule has 1 aliphatic carbocycles. The zero-order valence-corrected chi connectivity index (χ0v) is 17.7. The van der Waals surface area contributed by atoms with E-state index in [9.17, 15) is 9.59 Å². The zero-order chi connectivity index (χ0) is 21.1. The topological polar surface area (TPSA) is 71.5 Å². The zero-order valence-electron chi connectivity index (χ0n) is 17.7. The predicted octanol–water partition coefficient (Wildman–Crippen LogP) is 3.92. The second-order valence-corrected chi connectivity index (χ2v) is 8.29. The van der Waals surface area contributed by atoms with Gasteiger partial charge in [-0.3, -0.25) is 9.59 Å². The lowest BCUT2D eigenvalue weighted by atomic mass is 9.65. The van der Waals surface area contributed by atoms with Crippen LogP contribution in [0.1, 0.15) is 59.5 Å². The van der Waals surface area contributed by atoms with E-state index < -0.39 is 11.5 Å². The summed E-state index contributed by atoms with van der Waals surface area (Å²) in [6, 6.07) is 11.3. The summed E-state index contributed by atoms with van der Waals surface area (Å²) >= 11 is 0. The number of pyridine rings is 1. The highest BCUT2D eigenvalue weighted by molar-refractivity contribution is 6.05. The minimum Gasteiger partial charge on any atom is -0.383 e. The number of nitrogens with one attached hydrogen (secondary N) is 1. The van der Waals surface area contributed by atoms with E-state index in [4.69, 9.17) is 4.74 Å². The smallest absolute Gasteiger partial charge is 0.254 e. The molecule has 6 nitrogen and oxygen atoms in total. The molecular formula is C24H29N3O3. The van der Waals surface area contributed by atoms with Crippen molar-refractivity contribution >= 4 is 17.6 Å². The number of ether oxygens (including phenoxy) is 1. The van der Waals surface area contributed by atoms with Gasteiger partial charge in [-0.15, -0.1) is 0 Å². The maximum atomic E-state index is 13.8. The number of hydrogen-bond donors (Lipinski definition) is 1. The quantitative estimate of drug-likeness (QED) is 0.816. The van der Waals surface area contributed by atoms with Crippen molar-refractivity contribution in [2.75, 3.05) is 25.6 Å². The SMILES string of the molecule is COCCN1C(=O)c2ccccc2C(C(=O)Nc2ncccc2C)C12CCCCC2. The number of aryl methyl sites for hydroxylation is 1. The summed E-state index contributed by atoms with van der Waals surface area (Å²) in [5.41, 5.74) is 1.82. The van der Waals surface area contributed by atoms with Crippen molar-refractivity contribution in [1.29, 1.82) is 0 Å². The van der Waals surface area contributed by atoms with Gasteiger partial charge in [0.05, 0.1) is 18.1 Å². The van der Waals surface area contributed by atoms with E-state index in [0.717, 1.165) is 43.2 Å². The van der Waals surface area contributed by atoms with Gasteiger partial charge in [-0.05, 0) is 43.0 Å². The number of carbonyl (C=O) groups excluding carboxylic acids is 2. The van der Waals surface area contributed by atoms with Crippen LogP contribution in [-0.2, 0) is 9.53 Å². The van der Waals surface area contributed by atoms with E-state index in [2.05, 4.69) is 10.3 Å². The molecular weight excluding hydrogens is 378 g/mol. The van der Waals surface area contributed by atoms with E-state index in [1.54, 1.807) is 13.3 Å². The monoisotopic (exact) mass is 407 g/mol. The Balaban J connectivity index is 1.81. The lowest BCUT2D eigenvalue weighted by molar-refractivity contribution is -0.122. The predicted molar refractivity (Wildman–Crippen MR) is 116 cm³/mol. The Morgan fingerprint density at radius 3 is 2.70 bits per heavy atom. The molecule has 4 rings (SSSR count). The van der Waals surface area contributed by atoms with E-state index in [1.807, 2.05) is 48.2 Å². The highest BCUT2D eigenvalue weighted by Gasteiger charge is 2.54. The molecule has 2 heterocycles. The van der Waals surface area contributed by atoms with E-state index in [1.165, 1.54) is 0 Å². The largest absolute Gasteiger partial charge is 0.383 e. The van der Waals surface area contributed by atoms with Gasteiger partial charge in [0, 0.05) is 25.4 Å². The molecule has 0 bridgehead atoms. The Morgan fingerprint density at radius 1 is 1.20 bits per heavy atom. The van der Waals surface area contributed by atoms with E-state index in [0.29, 0.717) is 24.5 Å². The number of benzene rings is 1. The molecule has 1 N–H and O–H groups in total. The van der Waals surface area contributed by atoms with Crippen LogP contribution < -0.4 is 5.32 Å². The van der Waals surface area contributed by atoms with Crippen molar-refractivity contribution in [1.82, 2.24) is 9.88 Å². The highest BCUT2D eigenvalue weighted by atomic mass is 16.5. The summed E-state index contributed by atoms with van der Waals surface area (Å²) in [4.78, 5) is 33.5. The van der Waals surface area contributed by atoms with Crippen LogP contribution in [0.15, 0.2) is 42.6 Å². The Kier molecular flexibility index (Phi) is 5.86. The van der Waals surface area contributed by atoms with Crippen LogP contribution in [0.3, 0.4) is 0 Å². The average Bonchev–Trinajstić information content (AvgIpc) is 2.76. The number of rotatable bonds is 5. The van der Waals surface area contributed by atoms with Crippen molar-refractivity contribution in [3.63, 3.8) is 0 Å². The van der Waals surface area contributed by atoms with Crippen LogP contribution in [0.5, 0.6) is 0 Å². The van der Waals surface area contributed by atoms with Gasteiger partial charge in [-0.1, -0.05) is 43.5 Å². The van der Waals surface area contributed by atoms with Gasteiger partial charge in [-0.25, -0.2) is 4.98 Å². The molecule has 1 aliphatic heterocycles. The third-order valence-electron chi connectivity index (χ3n) is 6.57. The molecule has 2 amide bonds. The Bertz CT molecular complexity index is 937. The second-order valence-electron chi connectivity index (χ2n) is 8.29. The van der Waals surface area contributed by atoms with E-state index >= 15 is 0 Å². The number of hydrogen-bond acceptors (Lipinski definition) is 4. The summed E-state index contributed by atoms with van der Waals surface area (Å²) < 4.78 is 5.32. The lowest BCUT2D eigenvalue weighted by Gasteiger charge is -2.53. The number of aromatic nitrogens is 1. The van der Waals surface area contributed by atoms with E-state index in [-0.39, 0.29) is 11.8 Å². The maximum absolute atomic E-state index is 13.8. The second kappa shape index (κ2) is 8.56. The third-order valence-corrected chi connectivity index (χ3v) is 6.57. The normalized spacial score (nSPS) is 20.1. The first-order valence-electron chi connectivity index (χ1n) is 10.7. The average molecular weight is 408 g/mol. The minimum atomic E-state index is -0.533. The molecule has 1 aromatic carbocycles. The maximum Gasteiger partial charge on any atom is 0.254 e. The van der Waals surface area contributed by atoms with Crippen molar-refractivity contribution < 1.29 is 14.3 Å². The fraction of sp³-hybridized carbons (Fsp3) is 0.458. The summed E-state index contributed by atoms with van der Waals surface area (Å²) in [6.07, 6.45) is 6.45. The van der Waals surface area contributed by atoms with Gasteiger partial charge in [0.25, 0.3) is 5.91 Å². The van der Waals surface area contributed by atoms with Crippen molar-refractivity contribution in [3.8, 4) is 0 Å². The van der Waals surface area contributed by atoms with Gasteiger partial charge in [0.1, 0.15) is 5.82 Å². The Morgan fingerprint density at radius 2 is 1.97 bits per heavy atom. The van der Waals surface area contributed by atoms with Crippen LogP contribution in [-0.4, -0.2) is 47.5 Å². The van der Waals surface area contributed by atoms with Gasteiger partial charge < -0.3 is 15.0 Å². The molecule has 158 valence electrons. The number of carbonyl (C=O) groups is 2. The molecule has 30 heavy (non-hydrogen) atoms. The fourth-order valence-corrected chi connectivity index (χ4v) is 5.16. The first kappa shape index (κ1) is 20.5. The molecule has 2 aromatic rings. The number of amides is 2.